The fourth-order valence-corrected chi connectivity index (χ4v) is 4.83. The molecule has 0 amide bonds. The van der Waals surface area contributed by atoms with Crippen molar-refractivity contribution in [3.8, 4) is 0 Å². The zero-order valence-electron chi connectivity index (χ0n) is 18.5. The first-order valence-corrected chi connectivity index (χ1v) is 11.1. The smallest absolute Gasteiger partial charge is 0.331 e. The van der Waals surface area contributed by atoms with Crippen LogP contribution >= 0.6 is 11.8 Å². The Kier molecular flexibility index (Phi) is 6.29. The molecule has 166 valence electrons. The van der Waals surface area contributed by atoms with Gasteiger partial charge in [0.15, 0.2) is 5.82 Å². The van der Waals surface area contributed by atoms with Gasteiger partial charge in [-0.3, -0.25) is 4.90 Å². The van der Waals surface area contributed by atoms with E-state index in [0.29, 0.717) is 25.3 Å². The van der Waals surface area contributed by atoms with Gasteiger partial charge in [0.25, 0.3) is 0 Å². The lowest BCUT2D eigenvalue weighted by atomic mass is 10.0. The van der Waals surface area contributed by atoms with Crippen LogP contribution in [0.2, 0.25) is 0 Å². The van der Waals surface area contributed by atoms with Crippen LogP contribution in [0.5, 0.6) is 0 Å². The lowest BCUT2D eigenvalue weighted by Crippen LogP contribution is -2.24. The Morgan fingerprint density at radius 1 is 1.22 bits per heavy atom. The van der Waals surface area contributed by atoms with Gasteiger partial charge in [-0.1, -0.05) is 24.8 Å². The van der Waals surface area contributed by atoms with Gasteiger partial charge in [-0.2, -0.15) is 0 Å². The Hall–Kier alpha value is -3.17. The summed E-state index contributed by atoms with van der Waals surface area (Å²) in [6.45, 7) is 6.55. The molecule has 32 heavy (non-hydrogen) atoms. The summed E-state index contributed by atoms with van der Waals surface area (Å²) < 4.78 is 7.48. The standard InChI is InChI=1S/C23H25N5O3S/c1-5-17(14(2)23(29)30)20-15(3)27(12-26-20)11-16-6-7-19-18(10-16)28(13-31-4)21-22(32-19)25-9-8-24-21/h6-10,12H,5,11,13H2,1-4H3,(H,29,30). The Morgan fingerprint density at radius 3 is 2.72 bits per heavy atom. The summed E-state index contributed by atoms with van der Waals surface area (Å²) in [5.41, 5.74) is 4.90. The number of benzene rings is 1. The second-order valence-corrected chi connectivity index (χ2v) is 8.53. The Balaban J connectivity index is 1.67. The maximum atomic E-state index is 11.5. The van der Waals surface area contributed by atoms with E-state index in [4.69, 9.17) is 4.74 Å². The molecule has 1 aliphatic heterocycles. The molecule has 0 saturated heterocycles. The summed E-state index contributed by atoms with van der Waals surface area (Å²) in [6.07, 6.45) is 5.77. The second-order valence-electron chi connectivity index (χ2n) is 7.50. The molecule has 0 unspecified atom stereocenters. The van der Waals surface area contributed by atoms with Crippen LogP contribution in [0.25, 0.3) is 5.57 Å². The van der Waals surface area contributed by atoms with Crippen LogP contribution in [0, 0.1) is 6.92 Å². The first kappa shape index (κ1) is 22.0. The maximum absolute atomic E-state index is 11.5. The quantitative estimate of drug-likeness (QED) is 0.525. The summed E-state index contributed by atoms with van der Waals surface area (Å²) in [7, 11) is 1.66. The van der Waals surface area contributed by atoms with E-state index in [2.05, 4.69) is 33.2 Å². The number of methoxy groups -OCH3 is 1. The number of carboxylic acids is 1. The van der Waals surface area contributed by atoms with Crippen LogP contribution in [0.1, 0.15) is 37.2 Å². The van der Waals surface area contributed by atoms with Gasteiger partial charge in [0.2, 0.25) is 0 Å². The van der Waals surface area contributed by atoms with Gasteiger partial charge >= 0.3 is 5.97 Å². The SMILES string of the molecule is CCC(=C(C)C(=O)O)c1ncn(Cc2ccc3c(c2)N(COC)c2nccnc2S3)c1C. The molecule has 8 nitrogen and oxygen atoms in total. The molecule has 1 N–H and O–H groups in total. The fraction of sp³-hybridized carbons (Fsp3) is 0.304. The van der Waals surface area contributed by atoms with Crippen LogP contribution in [0.4, 0.5) is 11.5 Å². The summed E-state index contributed by atoms with van der Waals surface area (Å²) in [4.78, 5) is 28.1. The minimum atomic E-state index is -0.912. The topological polar surface area (TPSA) is 93.4 Å². The first-order chi connectivity index (χ1) is 15.4. The number of aliphatic carboxylic acids is 1. The lowest BCUT2D eigenvalue weighted by molar-refractivity contribution is -0.132. The van der Waals surface area contributed by atoms with Gasteiger partial charge in [0, 0.05) is 42.2 Å². The number of ether oxygens (including phenoxy) is 1. The van der Waals surface area contributed by atoms with Gasteiger partial charge in [-0.15, -0.1) is 0 Å². The Labute approximate surface area is 191 Å². The van der Waals surface area contributed by atoms with Crippen molar-refractivity contribution in [3.63, 3.8) is 0 Å². The number of allylic oxidation sites excluding steroid dienone is 1. The number of hydrogen-bond donors (Lipinski definition) is 1. The van der Waals surface area contributed by atoms with Gasteiger partial charge in [0.1, 0.15) is 11.8 Å². The maximum Gasteiger partial charge on any atom is 0.331 e. The van der Waals surface area contributed by atoms with Gasteiger partial charge in [-0.05, 0) is 43.5 Å². The van der Waals surface area contributed by atoms with Gasteiger partial charge in [-0.25, -0.2) is 19.7 Å². The van der Waals surface area contributed by atoms with E-state index in [1.807, 2.05) is 23.3 Å². The lowest BCUT2D eigenvalue weighted by Gasteiger charge is -2.30. The monoisotopic (exact) mass is 451 g/mol. The summed E-state index contributed by atoms with van der Waals surface area (Å²) in [5, 5.41) is 10.3. The highest BCUT2D eigenvalue weighted by Gasteiger charge is 2.26. The largest absolute Gasteiger partial charge is 0.478 e. The van der Waals surface area contributed by atoms with Crippen LogP contribution < -0.4 is 4.90 Å². The van der Waals surface area contributed by atoms with E-state index in [-0.39, 0.29) is 0 Å². The molecule has 9 heteroatoms. The highest BCUT2D eigenvalue weighted by atomic mass is 32.2. The number of fused-ring (bicyclic) bond motifs is 2. The fourth-order valence-electron chi connectivity index (χ4n) is 3.85. The van der Waals surface area contributed by atoms with Crippen LogP contribution in [-0.4, -0.2) is 44.4 Å². The van der Waals surface area contributed by atoms with Crippen molar-refractivity contribution >= 4 is 34.8 Å². The highest BCUT2D eigenvalue weighted by molar-refractivity contribution is 7.99. The molecule has 2 aromatic heterocycles. The minimum Gasteiger partial charge on any atom is -0.478 e. The number of aromatic nitrogens is 4. The Bertz CT molecular complexity index is 1200. The molecule has 3 heterocycles. The van der Waals surface area contributed by atoms with Crippen molar-refractivity contribution in [1.29, 1.82) is 0 Å². The predicted octanol–water partition coefficient (Wildman–Crippen LogP) is 4.50. The number of hydrogen-bond acceptors (Lipinski definition) is 7. The zero-order chi connectivity index (χ0) is 22.8. The number of carboxylic acid groups (broad SMARTS) is 1. The average Bonchev–Trinajstić information content (AvgIpc) is 3.14. The van der Waals surface area contributed by atoms with Gasteiger partial charge < -0.3 is 14.4 Å². The molecule has 0 spiro atoms. The van der Waals surface area contributed by atoms with E-state index in [9.17, 15) is 9.90 Å². The molecule has 0 aliphatic carbocycles. The zero-order valence-corrected chi connectivity index (χ0v) is 19.3. The van der Waals surface area contributed by atoms with E-state index in [0.717, 1.165) is 44.0 Å². The third-order valence-electron chi connectivity index (χ3n) is 5.55. The van der Waals surface area contributed by atoms with Crippen LogP contribution in [0.3, 0.4) is 0 Å². The predicted molar refractivity (Wildman–Crippen MR) is 123 cm³/mol. The van der Waals surface area contributed by atoms with E-state index >= 15 is 0 Å². The number of imidazole rings is 1. The Morgan fingerprint density at radius 2 is 2.00 bits per heavy atom. The average molecular weight is 452 g/mol. The molecule has 3 aromatic rings. The molecular weight excluding hydrogens is 426 g/mol. The summed E-state index contributed by atoms with van der Waals surface area (Å²) in [6, 6.07) is 6.32. The molecule has 0 bridgehead atoms. The number of nitrogens with zero attached hydrogens (tertiary/aromatic N) is 5. The molecule has 0 atom stereocenters. The van der Waals surface area contributed by atoms with E-state index in [1.54, 1.807) is 44.5 Å². The van der Waals surface area contributed by atoms with Gasteiger partial charge in [0.05, 0.1) is 17.7 Å². The minimum absolute atomic E-state index is 0.335. The molecule has 0 saturated carbocycles. The third kappa shape index (κ3) is 4.01. The second kappa shape index (κ2) is 9.13. The highest BCUT2D eigenvalue weighted by Crippen LogP contribution is 2.46. The first-order valence-electron chi connectivity index (χ1n) is 10.3. The molecular formula is C23H25N5O3S. The van der Waals surface area contributed by atoms with Crippen molar-refractivity contribution in [2.45, 2.75) is 43.7 Å². The van der Waals surface area contributed by atoms with E-state index < -0.39 is 5.97 Å². The normalized spacial score (nSPS) is 13.4. The third-order valence-corrected chi connectivity index (χ3v) is 6.59. The summed E-state index contributed by atoms with van der Waals surface area (Å²) >= 11 is 1.60. The summed E-state index contributed by atoms with van der Waals surface area (Å²) in [5.74, 6) is -0.128. The van der Waals surface area contributed by atoms with Crippen molar-refractivity contribution < 1.29 is 14.6 Å². The molecule has 0 radical (unpaired) electrons. The number of anilines is 2. The molecule has 0 fully saturated rings. The van der Waals surface area contributed by atoms with Crippen LogP contribution in [0.15, 0.2) is 52.4 Å². The molecule has 1 aliphatic rings. The molecule has 1 aromatic carbocycles. The molecule has 4 rings (SSSR count). The number of carbonyl (C=O) groups is 1. The van der Waals surface area contributed by atoms with E-state index in [1.165, 1.54) is 0 Å². The van der Waals surface area contributed by atoms with Crippen molar-refractivity contribution in [2.24, 2.45) is 0 Å². The van der Waals surface area contributed by atoms with Crippen LogP contribution in [-0.2, 0) is 16.1 Å². The van der Waals surface area contributed by atoms with Crippen molar-refractivity contribution in [1.82, 2.24) is 19.5 Å². The van der Waals surface area contributed by atoms with Crippen molar-refractivity contribution in [3.05, 3.63) is 59.4 Å². The number of rotatable bonds is 7. The van der Waals surface area contributed by atoms with Crippen molar-refractivity contribution in [2.75, 3.05) is 18.7 Å².